The Balaban J connectivity index is 2.06. The van der Waals surface area contributed by atoms with Crippen LogP contribution in [0.25, 0.3) is 6.08 Å². The van der Waals surface area contributed by atoms with Crippen molar-refractivity contribution < 1.29 is 9.53 Å². The van der Waals surface area contributed by atoms with Crippen molar-refractivity contribution >= 4 is 12.0 Å². The Morgan fingerprint density at radius 3 is 2.88 bits per heavy atom. The summed E-state index contributed by atoms with van der Waals surface area (Å²) in [5, 5.41) is 3.17. The molecule has 1 aromatic carbocycles. The lowest BCUT2D eigenvalue weighted by atomic mass is 10.1. The molecule has 0 bridgehead atoms. The average Bonchev–Trinajstić information content (AvgIpc) is 2.52. The number of nitrogens with two attached hydrogens (primary N) is 1. The molecule has 0 radical (unpaired) electrons. The highest BCUT2D eigenvalue weighted by molar-refractivity contribution is 5.77. The van der Waals surface area contributed by atoms with Gasteiger partial charge < -0.3 is 15.8 Å². The third-order valence-corrected chi connectivity index (χ3v) is 2.68. The largest absolute Gasteiger partial charge is 0.463 e. The van der Waals surface area contributed by atoms with E-state index in [2.05, 4.69) is 5.32 Å². The van der Waals surface area contributed by atoms with Crippen molar-refractivity contribution in [2.75, 3.05) is 13.2 Å². The van der Waals surface area contributed by atoms with Crippen molar-refractivity contribution in [3.8, 4) is 0 Å². The van der Waals surface area contributed by atoms with E-state index < -0.39 is 6.04 Å². The number of hydrogen-bond donors (Lipinski definition) is 2. The molecule has 4 nitrogen and oxygen atoms in total. The van der Waals surface area contributed by atoms with Gasteiger partial charge in [0.05, 0.1) is 6.04 Å². The van der Waals surface area contributed by atoms with E-state index in [0.717, 1.165) is 5.56 Å². The Morgan fingerprint density at radius 1 is 1.35 bits per heavy atom. The second kappa shape index (κ2) is 5.61. The average molecular weight is 232 g/mol. The molecule has 2 atom stereocenters. The smallest absolute Gasteiger partial charge is 0.324 e. The van der Waals surface area contributed by atoms with Crippen LogP contribution in [0.2, 0.25) is 0 Å². The van der Waals surface area contributed by atoms with Crippen LogP contribution in [0.15, 0.2) is 36.4 Å². The molecule has 0 unspecified atom stereocenters. The molecule has 3 N–H and O–H groups in total. The lowest BCUT2D eigenvalue weighted by Crippen LogP contribution is -2.46. The summed E-state index contributed by atoms with van der Waals surface area (Å²) in [6.45, 7) is 1.01. The fraction of sp³-hybridized carbons (Fsp3) is 0.308. The lowest BCUT2D eigenvalue weighted by molar-refractivity contribution is -0.143. The quantitative estimate of drug-likeness (QED) is 0.731. The molecule has 90 valence electrons. The van der Waals surface area contributed by atoms with Crippen molar-refractivity contribution in [3.05, 3.63) is 42.0 Å². The molecular weight excluding hydrogens is 216 g/mol. The minimum atomic E-state index is -0.641. The number of rotatable bonds is 2. The number of nitrogens with one attached hydrogen (secondary N) is 1. The second-order valence-electron chi connectivity index (χ2n) is 3.94. The summed E-state index contributed by atoms with van der Waals surface area (Å²) in [5.74, 6) is -0.349. The number of ether oxygens (including phenoxy) is 1. The van der Waals surface area contributed by atoms with Gasteiger partial charge in [-0.3, -0.25) is 4.79 Å². The Hall–Kier alpha value is -1.65. The molecule has 0 spiro atoms. The first-order valence-electron chi connectivity index (χ1n) is 5.66. The molecule has 1 saturated heterocycles. The molecule has 1 aliphatic rings. The zero-order valence-electron chi connectivity index (χ0n) is 9.50. The summed E-state index contributed by atoms with van der Waals surface area (Å²) < 4.78 is 4.94. The Labute approximate surface area is 100 Å². The lowest BCUT2D eigenvalue weighted by Gasteiger charge is -2.15. The molecule has 4 heteroatoms. The van der Waals surface area contributed by atoms with Crippen molar-refractivity contribution in [2.45, 2.75) is 12.1 Å². The maximum absolute atomic E-state index is 11.4. The predicted octanol–water partition coefficient (Wildman–Crippen LogP) is 0.542. The van der Waals surface area contributed by atoms with E-state index in [1.165, 1.54) is 0 Å². The van der Waals surface area contributed by atoms with Crippen molar-refractivity contribution in [1.29, 1.82) is 0 Å². The molecule has 0 saturated carbocycles. The van der Waals surface area contributed by atoms with Crippen molar-refractivity contribution in [1.82, 2.24) is 5.32 Å². The van der Waals surface area contributed by atoms with Gasteiger partial charge >= 0.3 is 5.97 Å². The van der Waals surface area contributed by atoms with Gasteiger partial charge in [0.15, 0.2) is 0 Å². The Bertz CT molecular complexity index is 403. The van der Waals surface area contributed by atoms with Gasteiger partial charge in [-0.05, 0) is 5.56 Å². The molecule has 17 heavy (non-hydrogen) atoms. The summed E-state index contributed by atoms with van der Waals surface area (Å²) >= 11 is 0. The maximum atomic E-state index is 11.4. The van der Waals surface area contributed by atoms with E-state index in [-0.39, 0.29) is 12.0 Å². The van der Waals surface area contributed by atoms with Crippen LogP contribution in [0, 0.1) is 0 Å². The van der Waals surface area contributed by atoms with Crippen LogP contribution >= 0.6 is 0 Å². The van der Waals surface area contributed by atoms with Crippen LogP contribution in [0.5, 0.6) is 0 Å². The van der Waals surface area contributed by atoms with Gasteiger partial charge in [0.1, 0.15) is 12.6 Å². The van der Waals surface area contributed by atoms with Crippen molar-refractivity contribution in [2.24, 2.45) is 5.73 Å². The molecule has 0 aliphatic carbocycles. The van der Waals surface area contributed by atoms with E-state index in [0.29, 0.717) is 13.2 Å². The SMILES string of the molecule is N[C@H]1C(=O)OCCN[C@H]1/C=C/c1ccccc1. The minimum Gasteiger partial charge on any atom is -0.463 e. The van der Waals surface area contributed by atoms with Gasteiger partial charge in [-0.2, -0.15) is 0 Å². The number of carbonyl (C=O) groups is 1. The number of benzene rings is 1. The first kappa shape index (κ1) is 11.8. The predicted molar refractivity (Wildman–Crippen MR) is 66.2 cm³/mol. The maximum Gasteiger partial charge on any atom is 0.324 e. The molecule has 1 fully saturated rings. The number of carbonyl (C=O) groups excluding carboxylic acids is 1. The topological polar surface area (TPSA) is 64.4 Å². The van der Waals surface area contributed by atoms with Gasteiger partial charge in [0.25, 0.3) is 0 Å². The molecule has 2 rings (SSSR count). The molecular formula is C13H16N2O2. The Morgan fingerprint density at radius 2 is 2.12 bits per heavy atom. The van der Waals surface area contributed by atoms with Gasteiger partial charge in [-0.25, -0.2) is 0 Å². The summed E-state index contributed by atoms with van der Waals surface area (Å²) in [5.41, 5.74) is 6.88. The molecule has 0 amide bonds. The summed E-state index contributed by atoms with van der Waals surface area (Å²) in [4.78, 5) is 11.4. The van der Waals surface area contributed by atoms with E-state index >= 15 is 0 Å². The zero-order valence-corrected chi connectivity index (χ0v) is 9.50. The monoisotopic (exact) mass is 232 g/mol. The van der Waals surface area contributed by atoms with Gasteiger partial charge in [0.2, 0.25) is 0 Å². The highest BCUT2D eigenvalue weighted by Gasteiger charge is 2.26. The molecule has 0 aromatic heterocycles. The first-order chi connectivity index (χ1) is 8.27. The fourth-order valence-electron chi connectivity index (χ4n) is 1.71. The fourth-order valence-corrected chi connectivity index (χ4v) is 1.71. The van der Waals surface area contributed by atoms with Crippen LogP contribution < -0.4 is 11.1 Å². The van der Waals surface area contributed by atoms with E-state index in [1.54, 1.807) is 0 Å². The van der Waals surface area contributed by atoms with Gasteiger partial charge in [-0.1, -0.05) is 42.5 Å². The molecule has 1 aliphatic heterocycles. The highest BCUT2D eigenvalue weighted by atomic mass is 16.5. The van der Waals surface area contributed by atoms with Gasteiger partial charge in [0, 0.05) is 6.54 Å². The van der Waals surface area contributed by atoms with Crippen molar-refractivity contribution in [3.63, 3.8) is 0 Å². The van der Waals surface area contributed by atoms with E-state index in [1.807, 2.05) is 42.5 Å². The standard InChI is InChI=1S/C13H16N2O2/c14-12-11(15-8-9-17-13(12)16)7-6-10-4-2-1-3-5-10/h1-7,11-12,15H,8-9,14H2/b7-6+/t11-,12+/m0/s1. The summed E-state index contributed by atoms with van der Waals surface area (Å²) in [7, 11) is 0. The van der Waals surface area contributed by atoms with Crippen LogP contribution in [0.4, 0.5) is 0 Å². The summed E-state index contributed by atoms with van der Waals surface area (Å²) in [6, 6.07) is 9.07. The van der Waals surface area contributed by atoms with Crippen LogP contribution in [-0.4, -0.2) is 31.2 Å². The summed E-state index contributed by atoms with van der Waals surface area (Å²) in [6.07, 6.45) is 3.86. The number of esters is 1. The number of cyclic esters (lactones) is 1. The highest BCUT2D eigenvalue weighted by Crippen LogP contribution is 2.05. The Kier molecular flexibility index (Phi) is 3.90. The van der Waals surface area contributed by atoms with E-state index in [9.17, 15) is 4.79 Å². The van der Waals surface area contributed by atoms with Crippen LogP contribution in [0.3, 0.4) is 0 Å². The molecule has 1 heterocycles. The third kappa shape index (κ3) is 3.15. The normalized spacial score (nSPS) is 25.6. The first-order valence-corrected chi connectivity index (χ1v) is 5.66. The van der Waals surface area contributed by atoms with Gasteiger partial charge in [-0.15, -0.1) is 0 Å². The number of hydrogen-bond acceptors (Lipinski definition) is 4. The third-order valence-electron chi connectivity index (χ3n) is 2.68. The minimum absolute atomic E-state index is 0.176. The second-order valence-corrected chi connectivity index (χ2v) is 3.94. The zero-order chi connectivity index (χ0) is 12.1. The van der Waals surface area contributed by atoms with Crippen LogP contribution in [0.1, 0.15) is 5.56 Å². The van der Waals surface area contributed by atoms with Crippen LogP contribution in [-0.2, 0) is 9.53 Å². The van der Waals surface area contributed by atoms with E-state index in [4.69, 9.17) is 10.5 Å². The molecule has 1 aromatic rings.